The smallest absolute Gasteiger partial charge is 0.253 e. The van der Waals surface area contributed by atoms with E-state index < -0.39 is 9.84 Å². The van der Waals surface area contributed by atoms with Gasteiger partial charge < -0.3 is 5.32 Å². The molecule has 3 aromatic rings. The van der Waals surface area contributed by atoms with Gasteiger partial charge in [0.1, 0.15) is 0 Å². The van der Waals surface area contributed by atoms with Crippen LogP contribution in [0.4, 0.5) is 0 Å². The number of nitrogens with one attached hydrogen (secondary N) is 1. The monoisotopic (exact) mass is 472 g/mol. The Labute approximate surface area is 179 Å². The van der Waals surface area contributed by atoms with Crippen LogP contribution in [-0.2, 0) is 9.84 Å². The largest absolute Gasteiger partial charge is 0.345 e. The Morgan fingerprint density at radius 1 is 1.07 bits per heavy atom. The maximum atomic E-state index is 12.7. The summed E-state index contributed by atoms with van der Waals surface area (Å²) in [4.78, 5) is 17.6. The number of hydrogen-bond donors (Lipinski definition) is 1. The van der Waals surface area contributed by atoms with Gasteiger partial charge in [-0.05, 0) is 55.8 Å². The van der Waals surface area contributed by atoms with E-state index in [1.807, 2.05) is 44.2 Å². The first kappa shape index (κ1) is 21.2. The van der Waals surface area contributed by atoms with Crippen molar-refractivity contribution in [2.45, 2.75) is 24.8 Å². The Morgan fingerprint density at radius 2 is 1.76 bits per heavy atom. The molecule has 29 heavy (non-hydrogen) atoms. The summed E-state index contributed by atoms with van der Waals surface area (Å²) in [5.41, 5.74) is 3.73. The first-order valence-corrected chi connectivity index (χ1v) is 11.7. The Bertz CT molecular complexity index is 1160. The first-order valence-electron chi connectivity index (χ1n) is 8.99. The number of amides is 1. The number of sulfone groups is 1. The predicted octanol–water partition coefficient (Wildman–Crippen LogP) is 4.71. The van der Waals surface area contributed by atoms with Crippen molar-refractivity contribution in [3.8, 4) is 11.3 Å². The standard InChI is InChI=1S/C22H21BrN2O3S/c1-14(16-7-9-19(10-8-16)29(3,27)28)25-22(26)20-11-12-21(24-15(20)2)17-5-4-6-18(23)13-17/h4-14H,1-3H3,(H,25,26). The van der Waals surface area contributed by atoms with Gasteiger partial charge in [0.2, 0.25) is 0 Å². The molecule has 150 valence electrons. The van der Waals surface area contributed by atoms with Crippen molar-refractivity contribution in [1.82, 2.24) is 10.3 Å². The number of benzene rings is 2. The summed E-state index contributed by atoms with van der Waals surface area (Å²) >= 11 is 3.45. The summed E-state index contributed by atoms with van der Waals surface area (Å²) in [7, 11) is -3.25. The minimum Gasteiger partial charge on any atom is -0.345 e. The molecule has 0 aliphatic rings. The van der Waals surface area contributed by atoms with Gasteiger partial charge in [0.15, 0.2) is 9.84 Å². The first-order chi connectivity index (χ1) is 13.6. The van der Waals surface area contributed by atoms with E-state index >= 15 is 0 Å². The number of rotatable bonds is 5. The number of carbonyl (C=O) groups is 1. The fourth-order valence-corrected chi connectivity index (χ4v) is 4.00. The lowest BCUT2D eigenvalue weighted by atomic mass is 10.1. The second kappa shape index (κ2) is 8.47. The second-order valence-corrected chi connectivity index (χ2v) is 9.81. The van der Waals surface area contributed by atoms with Gasteiger partial charge in [-0.2, -0.15) is 0 Å². The molecule has 0 fully saturated rings. The molecule has 0 saturated heterocycles. The van der Waals surface area contributed by atoms with Crippen molar-refractivity contribution >= 4 is 31.7 Å². The van der Waals surface area contributed by atoms with Crippen molar-refractivity contribution in [1.29, 1.82) is 0 Å². The number of pyridine rings is 1. The molecule has 0 bridgehead atoms. The molecule has 1 amide bonds. The van der Waals surface area contributed by atoms with Crippen LogP contribution in [0.25, 0.3) is 11.3 Å². The molecule has 0 aliphatic heterocycles. The van der Waals surface area contributed by atoms with Crippen molar-refractivity contribution in [3.63, 3.8) is 0 Å². The van der Waals surface area contributed by atoms with Crippen molar-refractivity contribution in [3.05, 3.63) is 82.0 Å². The summed E-state index contributed by atoms with van der Waals surface area (Å²) in [6.45, 7) is 3.66. The fraction of sp³-hybridized carbons (Fsp3) is 0.182. The highest BCUT2D eigenvalue weighted by molar-refractivity contribution is 9.10. The van der Waals surface area contributed by atoms with E-state index in [0.717, 1.165) is 21.3 Å². The molecule has 0 aliphatic carbocycles. The second-order valence-electron chi connectivity index (χ2n) is 6.88. The summed E-state index contributed by atoms with van der Waals surface area (Å²) in [6.07, 6.45) is 1.17. The SMILES string of the molecule is Cc1nc(-c2cccc(Br)c2)ccc1C(=O)NC(C)c1ccc(S(C)(=O)=O)cc1. The topological polar surface area (TPSA) is 76.1 Å². The number of nitrogens with zero attached hydrogens (tertiary/aromatic N) is 1. The maximum absolute atomic E-state index is 12.7. The van der Waals surface area contributed by atoms with E-state index in [0.29, 0.717) is 11.3 Å². The van der Waals surface area contributed by atoms with Gasteiger partial charge in [0.25, 0.3) is 5.91 Å². The third-order valence-corrected chi connectivity index (χ3v) is 6.23. The van der Waals surface area contributed by atoms with E-state index in [2.05, 4.69) is 26.2 Å². The number of halogens is 1. The van der Waals surface area contributed by atoms with E-state index in [9.17, 15) is 13.2 Å². The molecule has 3 rings (SSSR count). The molecule has 1 atom stereocenters. The van der Waals surface area contributed by atoms with Gasteiger partial charge in [-0.3, -0.25) is 9.78 Å². The fourth-order valence-electron chi connectivity index (χ4n) is 2.97. The van der Waals surface area contributed by atoms with Crippen LogP contribution < -0.4 is 5.32 Å². The minimum atomic E-state index is -3.25. The summed E-state index contributed by atoms with van der Waals surface area (Å²) < 4.78 is 24.1. The normalized spacial score (nSPS) is 12.4. The van der Waals surface area contributed by atoms with Gasteiger partial charge in [-0.1, -0.05) is 40.2 Å². The van der Waals surface area contributed by atoms with E-state index in [1.165, 1.54) is 6.26 Å². The van der Waals surface area contributed by atoms with Crippen molar-refractivity contribution < 1.29 is 13.2 Å². The van der Waals surface area contributed by atoms with Crippen LogP contribution >= 0.6 is 15.9 Å². The van der Waals surface area contributed by atoms with Gasteiger partial charge in [-0.15, -0.1) is 0 Å². The van der Waals surface area contributed by atoms with Gasteiger partial charge in [0.05, 0.1) is 27.9 Å². The van der Waals surface area contributed by atoms with Crippen LogP contribution in [-0.4, -0.2) is 25.6 Å². The highest BCUT2D eigenvalue weighted by Crippen LogP contribution is 2.23. The maximum Gasteiger partial charge on any atom is 0.253 e. The zero-order valence-corrected chi connectivity index (χ0v) is 18.7. The van der Waals surface area contributed by atoms with Crippen molar-refractivity contribution in [2.24, 2.45) is 0 Å². The van der Waals surface area contributed by atoms with Crippen LogP contribution in [0.2, 0.25) is 0 Å². The van der Waals surface area contributed by atoms with Gasteiger partial charge >= 0.3 is 0 Å². The van der Waals surface area contributed by atoms with Crippen LogP contribution in [0, 0.1) is 6.92 Å². The highest BCUT2D eigenvalue weighted by atomic mass is 79.9. The van der Waals surface area contributed by atoms with Crippen LogP contribution in [0.1, 0.15) is 34.6 Å². The van der Waals surface area contributed by atoms with Crippen LogP contribution in [0.3, 0.4) is 0 Å². The van der Waals surface area contributed by atoms with Gasteiger partial charge in [0, 0.05) is 16.3 Å². The lowest BCUT2D eigenvalue weighted by Crippen LogP contribution is -2.27. The number of carbonyl (C=O) groups excluding carboxylic acids is 1. The molecule has 7 heteroatoms. The molecule has 5 nitrogen and oxygen atoms in total. The van der Waals surface area contributed by atoms with Crippen LogP contribution in [0.15, 0.2) is 70.0 Å². The quantitative estimate of drug-likeness (QED) is 0.582. The average molecular weight is 473 g/mol. The van der Waals surface area contributed by atoms with Crippen molar-refractivity contribution in [2.75, 3.05) is 6.26 Å². The molecule has 1 N–H and O–H groups in total. The molecule has 0 radical (unpaired) electrons. The molecular formula is C22H21BrN2O3S. The lowest BCUT2D eigenvalue weighted by Gasteiger charge is -2.16. The lowest BCUT2D eigenvalue weighted by molar-refractivity contribution is 0.0939. The Balaban J connectivity index is 1.76. The predicted molar refractivity (Wildman–Crippen MR) is 118 cm³/mol. The van der Waals surface area contributed by atoms with E-state index in [4.69, 9.17) is 0 Å². The molecule has 1 heterocycles. The Hall–Kier alpha value is -2.51. The third-order valence-electron chi connectivity index (χ3n) is 4.61. The molecule has 2 aromatic carbocycles. The summed E-state index contributed by atoms with van der Waals surface area (Å²) in [5, 5.41) is 2.94. The Kier molecular flexibility index (Phi) is 6.19. The number of aryl methyl sites for hydroxylation is 1. The van der Waals surface area contributed by atoms with E-state index in [-0.39, 0.29) is 16.8 Å². The van der Waals surface area contributed by atoms with Crippen LogP contribution in [0.5, 0.6) is 0 Å². The van der Waals surface area contributed by atoms with Gasteiger partial charge in [-0.25, -0.2) is 8.42 Å². The average Bonchev–Trinajstić information content (AvgIpc) is 2.67. The zero-order valence-electron chi connectivity index (χ0n) is 16.3. The summed E-state index contributed by atoms with van der Waals surface area (Å²) in [5.74, 6) is -0.226. The molecule has 1 aromatic heterocycles. The third kappa shape index (κ3) is 5.10. The molecular weight excluding hydrogens is 452 g/mol. The number of aromatic nitrogens is 1. The molecule has 1 unspecified atom stereocenters. The molecule has 0 spiro atoms. The number of hydrogen-bond acceptors (Lipinski definition) is 4. The Morgan fingerprint density at radius 3 is 2.34 bits per heavy atom. The summed E-state index contributed by atoms with van der Waals surface area (Å²) in [6, 6.07) is 17.7. The molecule has 0 saturated carbocycles. The minimum absolute atomic E-state index is 0.226. The zero-order chi connectivity index (χ0) is 21.2. The highest BCUT2D eigenvalue weighted by Gasteiger charge is 2.16. The van der Waals surface area contributed by atoms with E-state index in [1.54, 1.807) is 30.3 Å².